The standard InChI is InChI=1S/C28H35N3O5/c1-19-5-7-22(20(2)15-19)24-17-25(23-16-21(33-3)6-8-26(23)34-4)31(29-24)27(32)18-30-11-9-28(10-12-30)35-13-14-36-28/h5-8,15-16,25H,9-14,17-18H2,1-4H3. The smallest absolute Gasteiger partial charge is 0.257 e. The second-order valence-corrected chi connectivity index (χ2v) is 9.81. The molecule has 5 rings (SSSR count). The third-order valence-corrected chi connectivity index (χ3v) is 7.44. The van der Waals surface area contributed by atoms with Gasteiger partial charge in [-0.1, -0.05) is 23.8 Å². The second kappa shape index (κ2) is 10.2. The molecule has 36 heavy (non-hydrogen) atoms. The van der Waals surface area contributed by atoms with Crippen LogP contribution in [0.15, 0.2) is 41.5 Å². The molecule has 2 aromatic rings. The number of amides is 1. The summed E-state index contributed by atoms with van der Waals surface area (Å²) in [6.07, 6.45) is 2.14. The van der Waals surface area contributed by atoms with E-state index in [9.17, 15) is 4.79 Å². The molecule has 0 bridgehead atoms. The van der Waals surface area contributed by atoms with Gasteiger partial charge in [0.1, 0.15) is 11.5 Å². The summed E-state index contributed by atoms with van der Waals surface area (Å²) in [4.78, 5) is 15.9. The van der Waals surface area contributed by atoms with Crippen LogP contribution < -0.4 is 9.47 Å². The Labute approximate surface area is 212 Å². The average molecular weight is 494 g/mol. The van der Waals surface area contributed by atoms with Crippen LogP contribution in [0, 0.1) is 13.8 Å². The predicted molar refractivity (Wildman–Crippen MR) is 137 cm³/mol. The van der Waals surface area contributed by atoms with Crippen LogP contribution in [0.1, 0.15) is 47.6 Å². The summed E-state index contributed by atoms with van der Waals surface area (Å²) in [6.45, 7) is 7.26. The molecule has 8 nitrogen and oxygen atoms in total. The fourth-order valence-electron chi connectivity index (χ4n) is 5.48. The summed E-state index contributed by atoms with van der Waals surface area (Å²) < 4.78 is 22.9. The van der Waals surface area contributed by atoms with Crippen LogP contribution in [0.2, 0.25) is 0 Å². The summed E-state index contributed by atoms with van der Waals surface area (Å²) in [5.74, 6) is 0.939. The molecule has 1 atom stereocenters. The number of piperidine rings is 1. The molecule has 2 saturated heterocycles. The van der Waals surface area contributed by atoms with Crippen molar-refractivity contribution in [2.45, 2.75) is 44.9 Å². The van der Waals surface area contributed by atoms with E-state index in [4.69, 9.17) is 24.0 Å². The van der Waals surface area contributed by atoms with E-state index in [0.717, 1.165) is 54.1 Å². The summed E-state index contributed by atoms with van der Waals surface area (Å²) in [6, 6.07) is 11.8. The zero-order valence-electron chi connectivity index (χ0n) is 21.6. The van der Waals surface area contributed by atoms with Gasteiger partial charge in [-0.25, -0.2) is 5.01 Å². The number of aryl methyl sites for hydroxylation is 2. The highest BCUT2D eigenvalue weighted by atomic mass is 16.7. The lowest BCUT2D eigenvalue weighted by Crippen LogP contribution is -2.48. The summed E-state index contributed by atoms with van der Waals surface area (Å²) >= 11 is 0. The van der Waals surface area contributed by atoms with Crippen LogP contribution in [0.5, 0.6) is 11.5 Å². The Balaban J connectivity index is 1.42. The van der Waals surface area contributed by atoms with Crippen molar-refractivity contribution in [3.63, 3.8) is 0 Å². The minimum Gasteiger partial charge on any atom is -0.497 e. The molecule has 3 aliphatic heterocycles. The lowest BCUT2D eigenvalue weighted by molar-refractivity contribution is -0.186. The predicted octanol–water partition coefficient (Wildman–Crippen LogP) is 3.84. The quantitative estimate of drug-likeness (QED) is 0.609. The highest BCUT2D eigenvalue weighted by Gasteiger charge is 2.41. The highest BCUT2D eigenvalue weighted by molar-refractivity contribution is 6.04. The van der Waals surface area contributed by atoms with E-state index < -0.39 is 5.79 Å². The van der Waals surface area contributed by atoms with Crippen molar-refractivity contribution >= 4 is 11.6 Å². The first-order valence-corrected chi connectivity index (χ1v) is 12.6. The first-order valence-electron chi connectivity index (χ1n) is 12.6. The molecule has 1 amide bonds. The second-order valence-electron chi connectivity index (χ2n) is 9.81. The van der Waals surface area contributed by atoms with Crippen molar-refractivity contribution in [2.24, 2.45) is 5.10 Å². The van der Waals surface area contributed by atoms with Crippen LogP contribution in [0.25, 0.3) is 0 Å². The van der Waals surface area contributed by atoms with Crippen molar-refractivity contribution in [3.8, 4) is 11.5 Å². The number of hydrogen-bond donors (Lipinski definition) is 0. The van der Waals surface area contributed by atoms with Gasteiger partial charge in [-0.15, -0.1) is 0 Å². The van der Waals surface area contributed by atoms with Gasteiger partial charge in [0.15, 0.2) is 5.79 Å². The molecule has 3 heterocycles. The Morgan fingerprint density at radius 1 is 1.06 bits per heavy atom. The van der Waals surface area contributed by atoms with Crippen LogP contribution in [-0.4, -0.2) is 74.4 Å². The number of hydrogen-bond acceptors (Lipinski definition) is 7. The van der Waals surface area contributed by atoms with Crippen LogP contribution in [0.4, 0.5) is 0 Å². The Bertz CT molecular complexity index is 1150. The molecule has 1 spiro atoms. The Morgan fingerprint density at radius 3 is 2.47 bits per heavy atom. The number of methoxy groups -OCH3 is 2. The van der Waals surface area contributed by atoms with Gasteiger partial charge in [-0.05, 0) is 37.6 Å². The zero-order valence-corrected chi connectivity index (χ0v) is 21.6. The van der Waals surface area contributed by atoms with Gasteiger partial charge < -0.3 is 18.9 Å². The van der Waals surface area contributed by atoms with E-state index in [0.29, 0.717) is 31.9 Å². The average Bonchev–Trinajstić information content (AvgIpc) is 3.53. The molecule has 192 valence electrons. The molecule has 2 fully saturated rings. The molecule has 3 aliphatic rings. The minimum absolute atomic E-state index is 0.0335. The largest absolute Gasteiger partial charge is 0.497 e. The van der Waals surface area contributed by atoms with Gasteiger partial charge >= 0.3 is 0 Å². The Hall–Kier alpha value is -2.94. The first-order chi connectivity index (χ1) is 17.4. The topological polar surface area (TPSA) is 72.8 Å². The summed E-state index contributed by atoms with van der Waals surface area (Å²) in [5.41, 5.74) is 5.21. The zero-order chi connectivity index (χ0) is 25.3. The monoisotopic (exact) mass is 493 g/mol. The van der Waals surface area contributed by atoms with Gasteiger partial charge in [0, 0.05) is 43.5 Å². The lowest BCUT2D eigenvalue weighted by atomic mass is 9.94. The first kappa shape index (κ1) is 24.7. The van der Waals surface area contributed by atoms with E-state index in [2.05, 4.69) is 36.9 Å². The van der Waals surface area contributed by atoms with Crippen molar-refractivity contribution in [1.29, 1.82) is 0 Å². The number of benzene rings is 2. The van der Waals surface area contributed by atoms with E-state index >= 15 is 0 Å². The molecule has 1 unspecified atom stereocenters. The van der Waals surface area contributed by atoms with Crippen LogP contribution in [-0.2, 0) is 14.3 Å². The van der Waals surface area contributed by atoms with E-state index in [-0.39, 0.29) is 11.9 Å². The Morgan fingerprint density at radius 2 is 1.81 bits per heavy atom. The van der Waals surface area contributed by atoms with E-state index in [1.165, 1.54) is 5.56 Å². The summed E-state index contributed by atoms with van der Waals surface area (Å²) in [7, 11) is 3.29. The Kier molecular flexibility index (Phi) is 7.01. The molecule has 0 aromatic heterocycles. The number of carbonyl (C=O) groups is 1. The highest BCUT2D eigenvalue weighted by Crippen LogP contribution is 2.40. The van der Waals surface area contributed by atoms with Gasteiger partial charge in [-0.3, -0.25) is 9.69 Å². The third-order valence-electron chi connectivity index (χ3n) is 7.44. The van der Waals surface area contributed by atoms with Gasteiger partial charge in [0.2, 0.25) is 0 Å². The fraction of sp³-hybridized carbons (Fsp3) is 0.500. The number of carbonyl (C=O) groups excluding carboxylic acids is 1. The van der Waals surface area contributed by atoms with Crippen molar-refractivity contribution in [1.82, 2.24) is 9.91 Å². The summed E-state index contributed by atoms with van der Waals surface area (Å²) in [5, 5.41) is 6.55. The molecule has 0 aliphatic carbocycles. The molecular weight excluding hydrogens is 458 g/mol. The molecule has 0 N–H and O–H groups in total. The van der Waals surface area contributed by atoms with Gasteiger partial charge in [0.05, 0.1) is 45.7 Å². The molecule has 0 saturated carbocycles. The number of likely N-dealkylation sites (tertiary alicyclic amines) is 1. The van der Waals surface area contributed by atoms with Crippen molar-refractivity contribution in [2.75, 3.05) is 47.1 Å². The number of nitrogens with zero attached hydrogens (tertiary/aromatic N) is 3. The molecule has 2 aromatic carbocycles. The van der Waals surface area contributed by atoms with Gasteiger partial charge in [-0.2, -0.15) is 5.10 Å². The number of hydrazone groups is 1. The molecule has 8 heteroatoms. The number of ether oxygens (including phenoxy) is 4. The molecule has 0 radical (unpaired) electrons. The minimum atomic E-state index is -0.460. The van der Waals surface area contributed by atoms with E-state index in [1.807, 2.05) is 18.2 Å². The van der Waals surface area contributed by atoms with Crippen LogP contribution >= 0.6 is 0 Å². The third kappa shape index (κ3) is 4.85. The van der Waals surface area contributed by atoms with E-state index in [1.54, 1.807) is 19.2 Å². The van der Waals surface area contributed by atoms with Crippen molar-refractivity contribution in [3.05, 3.63) is 58.7 Å². The maximum Gasteiger partial charge on any atom is 0.257 e. The lowest BCUT2D eigenvalue weighted by Gasteiger charge is -2.37. The fourth-order valence-corrected chi connectivity index (χ4v) is 5.48. The maximum absolute atomic E-state index is 13.7. The molecular formula is C28H35N3O5. The normalized spacial score (nSPS) is 21.6. The SMILES string of the molecule is COc1ccc(OC)c(C2CC(c3ccc(C)cc3C)=NN2C(=O)CN2CCC3(CC2)OCCO3)c1. The van der Waals surface area contributed by atoms with Crippen LogP contribution in [0.3, 0.4) is 0 Å². The maximum atomic E-state index is 13.7. The van der Waals surface area contributed by atoms with Gasteiger partial charge in [0.25, 0.3) is 5.91 Å². The van der Waals surface area contributed by atoms with Crippen molar-refractivity contribution < 1.29 is 23.7 Å². The number of rotatable bonds is 6.